The Kier molecular flexibility index (Phi) is 7.92. The van der Waals surface area contributed by atoms with E-state index in [0.29, 0.717) is 37.7 Å². The molecule has 0 radical (unpaired) electrons. The minimum absolute atomic E-state index is 0.0103. The zero-order chi connectivity index (χ0) is 24.7. The minimum Gasteiger partial charge on any atom is -0.379 e. The van der Waals surface area contributed by atoms with Crippen molar-refractivity contribution in [3.63, 3.8) is 0 Å². The lowest BCUT2D eigenvalue weighted by Crippen LogP contribution is -2.47. The van der Waals surface area contributed by atoms with E-state index in [0.717, 1.165) is 12.1 Å². The van der Waals surface area contributed by atoms with E-state index in [4.69, 9.17) is 0 Å². The van der Waals surface area contributed by atoms with Crippen molar-refractivity contribution in [2.45, 2.75) is 31.5 Å². The second kappa shape index (κ2) is 10.9. The summed E-state index contributed by atoms with van der Waals surface area (Å²) < 4.78 is 38.4. The Morgan fingerprint density at radius 3 is 2.38 bits per heavy atom. The van der Waals surface area contributed by atoms with Crippen molar-refractivity contribution in [2.24, 2.45) is 0 Å². The molecule has 9 nitrogen and oxygen atoms in total. The minimum atomic E-state index is -4.69. The van der Waals surface area contributed by atoms with Gasteiger partial charge in [0.05, 0.1) is 10.5 Å². The summed E-state index contributed by atoms with van der Waals surface area (Å²) in [6.07, 6.45) is -3.56. The number of halogens is 3. The predicted molar refractivity (Wildman–Crippen MR) is 119 cm³/mol. The Morgan fingerprint density at radius 1 is 1.09 bits per heavy atom. The topological polar surface area (TPSA) is 117 Å². The van der Waals surface area contributed by atoms with E-state index in [9.17, 15) is 32.9 Å². The Hall–Kier alpha value is -3.83. The summed E-state index contributed by atoms with van der Waals surface area (Å²) >= 11 is 0. The number of nitrogens with one attached hydrogen (secondary N) is 3. The molecule has 0 bridgehead atoms. The van der Waals surface area contributed by atoms with Gasteiger partial charge in [0.15, 0.2) is 0 Å². The number of hydrogen-bond acceptors (Lipinski definition) is 5. The third kappa shape index (κ3) is 6.83. The zero-order valence-corrected chi connectivity index (χ0v) is 18.1. The highest BCUT2D eigenvalue weighted by molar-refractivity contribution is 5.89. The summed E-state index contributed by atoms with van der Waals surface area (Å²) in [5.74, 6) is -0.297. The van der Waals surface area contributed by atoms with Crippen molar-refractivity contribution in [1.29, 1.82) is 0 Å². The number of nitro groups is 1. The lowest BCUT2D eigenvalue weighted by Gasteiger charge is -2.32. The quantitative estimate of drug-likeness (QED) is 0.406. The SMILES string of the molecule is O=C(CCNc1ccc(C(F)(F)F)cc1[N+](=O)[O-])NC1CCN(C(=O)Nc2ccccc2)CC1. The lowest BCUT2D eigenvalue weighted by molar-refractivity contribution is -0.384. The van der Waals surface area contributed by atoms with Crippen molar-refractivity contribution in [1.82, 2.24) is 10.2 Å². The zero-order valence-electron chi connectivity index (χ0n) is 18.1. The van der Waals surface area contributed by atoms with Crippen molar-refractivity contribution < 1.29 is 27.7 Å². The first-order valence-electron chi connectivity index (χ1n) is 10.6. The van der Waals surface area contributed by atoms with Crippen LogP contribution in [0.3, 0.4) is 0 Å². The average Bonchev–Trinajstić information content (AvgIpc) is 2.79. The molecule has 12 heteroatoms. The largest absolute Gasteiger partial charge is 0.416 e. The predicted octanol–water partition coefficient (Wildman–Crippen LogP) is 4.23. The maximum absolute atomic E-state index is 12.8. The maximum Gasteiger partial charge on any atom is 0.416 e. The van der Waals surface area contributed by atoms with Crippen LogP contribution in [0.1, 0.15) is 24.8 Å². The molecule has 2 aromatic rings. The number of alkyl halides is 3. The van der Waals surface area contributed by atoms with Crippen LogP contribution >= 0.6 is 0 Å². The first kappa shape index (κ1) is 24.8. The van der Waals surface area contributed by atoms with Gasteiger partial charge in [0.1, 0.15) is 5.69 Å². The highest BCUT2D eigenvalue weighted by Gasteiger charge is 2.33. The molecule has 3 rings (SSSR count). The Bertz CT molecular complexity index is 1020. The molecular formula is C22H24F3N5O4. The molecule has 0 aliphatic carbocycles. The van der Waals surface area contributed by atoms with Gasteiger partial charge in [-0.15, -0.1) is 0 Å². The molecule has 1 fully saturated rings. The highest BCUT2D eigenvalue weighted by atomic mass is 19.4. The summed E-state index contributed by atoms with van der Waals surface area (Å²) in [6, 6.07) is 10.9. The van der Waals surface area contributed by atoms with E-state index in [1.165, 1.54) is 0 Å². The number of hydrogen-bond donors (Lipinski definition) is 3. The molecule has 0 aromatic heterocycles. The summed E-state index contributed by atoms with van der Waals surface area (Å²) in [4.78, 5) is 36.5. The Labute approximate surface area is 193 Å². The van der Waals surface area contributed by atoms with Crippen LogP contribution in [0.5, 0.6) is 0 Å². The fourth-order valence-electron chi connectivity index (χ4n) is 3.57. The third-order valence-electron chi connectivity index (χ3n) is 5.36. The van der Waals surface area contributed by atoms with E-state index in [1.807, 2.05) is 18.2 Å². The van der Waals surface area contributed by atoms with Gasteiger partial charge < -0.3 is 20.9 Å². The molecule has 1 saturated heterocycles. The van der Waals surface area contributed by atoms with Gasteiger partial charge in [-0.25, -0.2) is 4.79 Å². The highest BCUT2D eigenvalue weighted by Crippen LogP contribution is 2.34. The van der Waals surface area contributed by atoms with Gasteiger partial charge in [-0.3, -0.25) is 14.9 Å². The number of carbonyl (C=O) groups is 2. The standard InChI is InChI=1S/C22H24F3N5O4/c23-22(24,25)15-6-7-18(19(14-15)30(33)34)26-11-8-20(31)27-17-9-12-29(13-10-17)21(32)28-16-4-2-1-3-5-16/h1-7,14,17,26H,8-13H2,(H,27,31)(H,28,32). The first-order chi connectivity index (χ1) is 16.1. The van der Waals surface area contributed by atoms with Gasteiger partial charge in [-0.2, -0.15) is 13.2 Å². The number of urea groups is 1. The van der Waals surface area contributed by atoms with Crippen molar-refractivity contribution in [3.8, 4) is 0 Å². The summed E-state index contributed by atoms with van der Waals surface area (Å²) in [7, 11) is 0. The lowest BCUT2D eigenvalue weighted by atomic mass is 10.1. The van der Waals surface area contributed by atoms with Crippen LogP contribution in [0.2, 0.25) is 0 Å². The van der Waals surface area contributed by atoms with Crippen molar-refractivity contribution in [3.05, 3.63) is 64.2 Å². The molecule has 0 saturated carbocycles. The van der Waals surface area contributed by atoms with Gasteiger partial charge >= 0.3 is 12.2 Å². The molecule has 2 aromatic carbocycles. The van der Waals surface area contributed by atoms with Gasteiger partial charge in [-0.1, -0.05) is 18.2 Å². The molecule has 3 N–H and O–H groups in total. The number of nitrogens with zero attached hydrogens (tertiary/aromatic N) is 2. The second-order valence-corrected chi connectivity index (χ2v) is 7.79. The Balaban J connectivity index is 1.42. The number of amides is 3. The number of rotatable bonds is 7. The Morgan fingerprint density at radius 2 is 1.76 bits per heavy atom. The summed E-state index contributed by atoms with van der Waals surface area (Å²) in [5, 5.41) is 19.5. The van der Waals surface area contributed by atoms with Crippen LogP contribution in [0.4, 0.5) is 35.0 Å². The van der Waals surface area contributed by atoms with Crippen LogP contribution in [-0.2, 0) is 11.0 Å². The van der Waals surface area contributed by atoms with Gasteiger partial charge in [0, 0.05) is 43.9 Å². The molecule has 34 heavy (non-hydrogen) atoms. The molecule has 0 spiro atoms. The van der Waals surface area contributed by atoms with Crippen molar-refractivity contribution in [2.75, 3.05) is 30.3 Å². The smallest absolute Gasteiger partial charge is 0.379 e. The number of para-hydroxylation sites is 1. The average molecular weight is 479 g/mol. The summed E-state index contributed by atoms with van der Waals surface area (Å²) in [5.41, 5.74) is -1.23. The number of nitro benzene ring substituents is 1. The number of benzene rings is 2. The van der Waals surface area contributed by atoms with Gasteiger partial charge in [-0.05, 0) is 37.1 Å². The molecule has 3 amide bonds. The van der Waals surface area contributed by atoms with E-state index >= 15 is 0 Å². The molecule has 1 heterocycles. The number of piperidine rings is 1. The molecule has 1 aliphatic rings. The van der Waals surface area contributed by atoms with Crippen LogP contribution in [0.25, 0.3) is 0 Å². The summed E-state index contributed by atoms with van der Waals surface area (Å²) in [6.45, 7) is 0.954. The van der Waals surface area contributed by atoms with Crippen LogP contribution < -0.4 is 16.0 Å². The number of carbonyl (C=O) groups excluding carboxylic acids is 2. The normalized spacial score (nSPS) is 14.4. The first-order valence-corrected chi connectivity index (χ1v) is 10.6. The van der Waals surface area contributed by atoms with E-state index in [2.05, 4.69) is 16.0 Å². The monoisotopic (exact) mass is 479 g/mol. The molecule has 0 atom stereocenters. The molecule has 1 aliphatic heterocycles. The second-order valence-electron chi connectivity index (χ2n) is 7.79. The van der Waals surface area contributed by atoms with Gasteiger partial charge in [0.25, 0.3) is 5.69 Å². The molecule has 0 unspecified atom stereocenters. The van der Waals surface area contributed by atoms with Gasteiger partial charge in [0.2, 0.25) is 5.91 Å². The molecular weight excluding hydrogens is 455 g/mol. The fraction of sp³-hybridized carbons (Fsp3) is 0.364. The fourth-order valence-corrected chi connectivity index (χ4v) is 3.57. The third-order valence-corrected chi connectivity index (χ3v) is 5.36. The number of likely N-dealkylation sites (tertiary alicyclic amines) is 1. The molecule has 182 valence electrons. The van der Waals surface area contributed by atoms with Crippen LogP contribution in [-0.4, -0.2) is 47.4 Å². The maximum atomic E-state index is 12.8. The van der Waals surface area contributed by atoms with E-state index < -0.39 is 22.4 Å². The van der Waals surface area contributed by atoms with Crippen molar-refractivity contribution >= 4 is 29.0 Å². The van der Waals surface area contributed by atoms with Crippen LogP contribution in [0.15, 0.2) is 48.5 Å². The van der Waals surface area contributed by atoms with E-state index in [1.54, 1.807) is 17.0 Å². The van der Waals surface area contributed by atoms with Crippen LogP contribution in [0, 0.1) is 10.1 Å². The van der Waals surface area contributed by atoms with E-state index in [-0.39, 0.29) is 36.6 Å². The number of anilines is 2.